The van der Waals surface area contributed by atoms with E-state index in [2.05, 4.69) is 11.8 Å². The molecule has 2 aliphatic heterocycles. The summed E-state index contributed by atoms with van der Waals surface area (Å²) in [5.74, 6) is 1.58. The normalized spacial score (nSPS) is 29.1. The number of likely N-dealkylation sites (tertiary alicyclic amines) is 2. The highest BCUT2D eigenvalue weighted by Crippen LogP contribution is 2.18. The Morgan fingerprint density at radius 3 is 2.67 bits per heavy atom. The highest BCUT2D eigenvalue weighted by atomic mass is 35.5. The van der Waals surface area contributed by atoms with Crippen LogP contribution in [0, 0.1) is 11.8 Å². The molecule has 5 heteroatoms. The average Bonchev–Trinajstić information content (AvgIpc) is 2.77. The molecular formula is C13H26ClN3O. The number of nitrogens with two attached hydrogens (primary N) is 1. The van der Waals surface area contributed by atoms with Gasteiger partial charge >= 0.3 is 0 Å². The Hall–Kier alpha value is -0.320. The summed E-state index contributed by atoms with van der Waals surface area (Å²) in [5, 5.41) is 0. The Bertz CT molecular complexity index is 275. The third-order valence-electron chi connectivity index (χ3n) is 4.07. The van der Waals surface area contributed by atoms with Crippen molar-refractivity contribution >= 4 is 18.3 Å². The molecule has 0 saturated carbocycles. The van der Waals surface area contributed by atoms with Gasteiger partial charge in [0, 0.05) is 19.6 Å². The Morgan fingerprint density at radius 1 is 1.28 bits per heavy atom. The number of carbonyl (C=O) groups excluding carboxylic acids is 1. The molecule has 2 unspecified atom stereocenters. The van der Waals surface area contributed by atoms with Gasteiger partial charge in [-0.3, -0.25) is 9.69 Å². The maximum atomic E-state index is 12.1. The van der Waals surface area contributed by atoms with Gasteiger partial charge in [0.2, 0.25) is 5.91 Å². The largest absolute Gasteiger partial charge is 0.341 e. The second kappa shape index (κ2) is 7.31. The van der Waals surface area contributed by atoms with Gasteiger partial charge < -0.3 is 10.6 Å². The standard InChI is InChI=1S/C13H25N3O.ClH/c1-11-3-2-5-16(8-11)13(17)10-15-6-4-12(7-14)9-15;/h11-12H,2-10,14H2,1H3;1H. The van der Waals surface area contributed by atoms with Gasteiger partial charge in [0.1, 0.15) is 0 Å². The van der Waals surface area contributed by atoms with Crippen LogP contribution >= 0.6 is 12.4 Å². The zero-order chi connectivity index (χ0) is 12.3. The summed E-state index contributed by atoms with van der Waals surface area (Å²) in [4.78, 5) is 16.5. The topological polar surface area (TPSA) is 49.6 Å². The lowest BCUT2D eigenvalue weighted by atomic mass is 10.0. The number of amides is 1. The lowest BCUT2D eigenvalue weighted by molar-refractivity contribution is -0.133. The van der Waals surface area contributed by atoms with E-state index in [0.717, 1.165) is 39.1 Å². The number of rotatable bonds is 3. The van der Waals surface area contributed by atoms with Gasteiger partial charge in [0.25, 0.3) is 0 Å². The van der Waals surface area contributed by atoms with Crippen LogP contribution in [0.15, 0.2) is 0 Å². The van der Waals surface area contributed by atoms with Gasteiger partial charge in [0.15, 0.2) is 0 Å². The number of piperidine rings is 1. The van der Waals surface area contributed by atoms with Gasteiger partial charge in [-0.1, -0.05) is 6.92 Å². The molecule has 2 fully saturated rings. The summed E-state index contributed by atoms with van der Waals surface area (Å²) in [6.07, 6.45) is 3.58. The molecule has 2 N–H and O–H groups in total. The predicted octanol–water partition coefficient (Wildman–Crippen LogP) is 0.947. The first kappa shape index (κ1) is 15.7. The molecule has 0 spiro atoms. The first-order valence-electron chi connectivity index (χ1n) is 6.89. The number of carbonyl (C=O) groups is 1. The Labute approximate surface area is 116 Å². The third kappa shape index (κ3) is 4.11. The van der Waals surface area contributed by atoms with Crippen LogP contribution in [-0.2, 0) is 4.79 Å². The molecule has 4 nitrogen and oxygen atoms in total. The van der Waals surface area contributed by atoms with Crippen LogP contribution in [0.25, 0.3) is 0 Å². The van der Waals surface area contributed by atoms with Gasteiger partial charge in [-0.25, -0.2) is 0 Å². The highest BCUT2D eigenvalue weighted by Gasteiger charge is 2.26. The SMILES string of the molecule is CC1CCCN(C(=O)CN2CCC(CN)C2)C1.Cl. The van der Waals surface area contributed by atoms with Crippen molar-refractivity contribution in [1.82, 2.24) is 9.80 Å². The summed E-state index contributed by atoms with van der Waals surface area (Å²) in [5.41, 5.74) is 5.67. The summed E-state index contributed by atoms with van der Waals surface area (Å²) < 4.78 is 0. The average molecular weight is 276 g/mol. The smallest absolute Gasteiger partial charge is 0.236 e. The second-order valence-corrected chi connectivity index (χ2v) is 5.71. The van der Waals surface area contributed by atoms with E-state index in [4.69, 9.17) is 5.73 Å². The lowest BCUT2D eigenvalue weighted by Crippen LogP contribution is -2.44. The van der Waals surface area contributed by atoms with Gasteiger partial charge in [0.05, 0.1) is 6.54 Å². The fourth-order valence-electron chi connectivity index (χ4n) is 2.96. The van der Waals surface area contributed by atoms with Crippen molar-refractivity contribution in [3.63, 3.8) is 0 Å². The van der Waals surface area contributed by atoms with E-state index in [1.54, 1.807) is 0 Å². The van der Waals surface area contributed by atoms with Crippen molar-refractivity contribution in [2.24, 2.45) is 17.6 Å². The molecule has 0 aliphatic carbocycles. The maximum Gasteiger partial charge on any atom is 0.236 e. The molecule has 0 bridgehead atoms. The molecule has 0 aromatic rings. The van der Waals surface area contributed by atoms with E-state index in [0.29, 0.717) is 24.3 Å². The minimum atomic E-state index is 0. The fraction of sp³-hybridized carbons (Fsp3) is 0.923. The molecule has 2 rings (SSSR count). The van der Waals surface area contributed by atoms with Crippen molar-refractivity contribution < 1.29 is 4.79 Å². The Balaban J connectivity index is 0.00000162. The van der Waals surface area contributed by atoms with E-state index in [1.807, 2.05) is 4.90 Å². The van der Waals surface area contributed by atoms with E-state index in [-0.39, 0.29) is 12.4 Å². The molecular weight excluding hydrogens is 250 g/mol. The summed E-state index contributed by atoms with van der Waals surface area (Å²) >= 11 is 0. The minimum absolute atomic E-state index is 0. The molecule has 2 atom stereocenters. The van der Waals surface area contributed by atoms with Crippen LogP contribution in [0.5, 0.6) is 0 Å². The van der Waals surface area contributed by atoms with Gasteiger partial charge in [-0.05, 0) is 44.2 Å². The van der Waals surface area contributed by atoms with Crippen LogP contribution in [-0.4, -0.2) is 55.0 Å². The molecule has 0 aromatic carbocycles. The van der Waals surface area contributed by atoms with E-state index < -0.39 is 0 Å². The number of halogens is 1. The zero-order valence-corrected chi connectivity index (χ0v) is 12.1. The minimum Gasteiger partial charge on any atom is -0.341 e. The molecule has 18 heavy (non-hydrogen) atoms. The van der Waals surface area contributed by atoms with Crippen molar-refractivity contribution in [3.05, 3.63) is 0 Å². The molecule has 0 aromatic heterocycles. The van der Waals surface area contributed by atoms with Crippen LogP contribution in [0.4, 0.5) is 0 Å². The Kier molecular flexibility index (Phi) is 6.39. The molecule has 106 valence electrons. The number of nitrogens with zero attached hydrogens (tertiary/aromatic N) is 2. The van der Waals surface area contributed by atoms with Crippen molar-refractivity contribution in [2.45, 2.75) is 26.2 Å². The van der Waals surface area contributed by atoms with Crippen LogP contribution in [0.3, 0.4) is 0 Å². The highest BCUT2D eigenvalue weighted by molar-refractivity contribution is 5.85. The predicted molar refractivity (Wildman–Crippen MR) is 75.8 cm³/mol. The quantitative estimate of drug-likeness (QED) is 0.834. The van der Waals surface area contributed by atoms with Crippen molar-refractivity contribution in [3.8, 4) is 0 Å². The second-order valence-electron chi connectivity index (χ2n) is 5.71. The lowest BCUT2D eigenvalue weighted by Gasteiger charge is -2.32. The van der Waals surface area contributed by atoms with Crippen molar-refractivity contribution in [1.29, 1.82) is 0 Å². The van der Waals surface area contributed by atoms with Crippen LogP contribution in [0.1, 0.15) is 26.2 Å². The maximum absolute atomic E-state index is 12.1. The first-order valence-corrected chi connectivity index (χ1v) is 6.89. The van der Waals surface area contributed by atoms with Gasteiger partial charge in [-0.2, -0.15) is 0 Å². The molecule has 2 saturated heterocycles. The number of hydrogen-bond acceptors (Lipinski definition) is 3. The van der Waals surface area contributed by atoms with Crippen LogP contribution < -0.4 is 5.73 Å². The zero-order valence-electron chi connectivity index (χ0n) is 11.3. The molecule has 2 heterocycles. The first-order chi connectivity index (χ1) is 8.19. The van der Waals surface area contributed by atoms with Crippen molar-refractivity contribution in [2.75, 3.05) is 39.3 Å². The molecule has 0 radical (unpaired) electrons. The fourth-order valence-corrected chi connectivity index (χ4v) is 2.96. The summed E-state index contributed by atoms with van der Waals surface area (Å²) in [6, 6.07) is 0. The summed E-state index contributed by atoms with van der Waals surface area (Å²) in [7, 11) is 0. The monoisotopic (exact) mass is 275 g/mol. The molecule has 1 amide bonds. The van der Waals surface area contributed by atoms with E-state index in [1.165, 1.54) is 12.8 Å². The van der Waals surface area contributed by atoms with Crippen LogP contribution in [0.2, 0.25) is 0 Å². The molecule has 2 aliphatic rings. The Morgan fingerprint density at radius 2 is 2.06 bits per heavy atom. The van der Waals surface area contributed by atoms with Gasteiger partial charge in [-0.15, -0.1) is 12.4 Å². The summed E-state index contributed by atoms with van der Waals surface area (Å²) in [6.45, 7) is 7.54. The van der Waals surface area contributed by atoms with E-state index in [9.17, 15) is 4.79 Å². The number of hydrogen-bond donors (Lipinski definition) is 1. The van der Waals surface area contributed by atoms with E-state index >= 15 is 0 Å². The third-order valence-corrected chi connectivity index (χ3v) is 4.07.